The molecule has 2 aromatic rings. The highest BCUT2D eigenvalue weighted by atomic mass is 19.1. The van der Waals surface area contributed by atoms with Crippen molar-refractivity contribution < 1.29 is 32.6 Å². The van der Waals surface area contributed by atoms with E-state index in [1.165, 1.54) is 0 Å². The van der Waals surface area contributed by atoms with Gasteiger partial charge in [0, 0.05) is 12.6 Å². The first-order valence-corrected chi connectivity index (χ1v) is 9.24. The largest absolute Gasteiger partial charge is 0.494 e. The first-order valence-electron chi connectivity index (χ1n) is 9.24. The maximum absolute atomic E-state index is 13.5. The molecular weight excluding hydrogens is 384 g/mol. The molecule has 2 aromatic carbocycles. The molecule has 0 spiro atoms. The SMILES string of the molecule is CCCOc1ccc(OCCOC(=O)CCNC(=O)c2ccc(F)cc2F)cc1. The highest BCUT2D eigenvalue weighted by molar-refractivity contribution is 5.94. The zero-order valence-electron chi connectivity index (χ0n) is 16.1. The average molecular weight is 407 g/mol. The van der Waals surface area contributed by atoms with Crippen molar-refractivity contribution in [3.05, 3.63) is 59.7 Å². The fourth-order valence-electron chi connectivity index (χ4n) is 2.29. The third kappa shape index (κ3) is 7.77. The zero-order valence-corrected chi connectivity index (χ0v) is 16.1. The molecule has 0 aliphatic heterocycles. The summed E-state index contributed by atoms with van der Waals surface area (Å²) >= 11 is 0. The number of amides is 1. The number of carbonyl (C=O) groups is 2. The first kappa shape index (κ1) is 22.1. The molecule has 156 valence electrons. The van der Waals surface area contributed by atoms with Crippen LogP contribution in [0.4, 0.5) is 8.78 Å². The number of nitrogens with one attached hydrogen (secondary N) is 1. The lowest BCUT2D eigenvalue weighted by Gasteiger charge is -2.09. The Balaban J connectivity index is 1.60. The van der Waals surface area contributed by atoms with E-state index in [0.717, 1.165) is 24.3 Å². The maximum atomic E-state index is 13.5. The molecule has 0 atom stereocenters. The van der Waals surface area contributed by atoms with Crippen LogP contribution in [0.5, 0.6) is 11.5 Å². The second-order valence-electron chi connectivity index (χ2n) is 6.02. The van der Waals surface area contributed by atoms with Gasteiger partial charge in [0.2, 0.25) is 0 Å². The molecule has 0 heterocycles. The van der Waals surface area contributed by atoms with E-state index in [9.17, 15) is 18.4 Å². The summed E-state index contributed by atoms with van der Waals surface area (Å²) in [4.78, 5) is 23.5. The molecule has 0 bridgehead atoms. The Morgan fingerprint density at radius 1 is 0.931 bits per heavy atom. The number of benzene rings is 2. The Kier molecular flexibility index (Phi) is 8.88. The average Bonchev–Trinajstić information content (AvgIpc) is 2.70. The van der Waals surface area contributed by atoms with E-state index in [2.05, 4.69) is 5.32 Å². The topological polar surface area (TPSA) is 73.9 Å². The van der Waals surface area contributed by atoms with Crippen LogP contribution in [0.15, 0.2) is 42.5 Å². The van der Waals surface area contributed by atoms with Gasteiger partial charge < -0.3 is 19.5 Å². The molecule has 0 unspecified atom stereocenters. The zero-order chi connectivity index (χ0) is 21.1. The standard InChI is InChI=1S/C21H23F2NO5/c1-2-11-27-16-4-6-17(7-5-16)28-12-13-29-20(25)9-10-24-21(26)18-8-3-15(22)14-19(18)23/h3-8,14H,2,9-13H2,1H3,(H,24,26). The van der Waals surface area contributed by atoms with Gasteiger partial charge in [-0.2, -0.15) is 0 Å². The second kappa shape index (κ2) is 11.6. The van der Waals surface area contributed by atoms with E-state index >= 15 is 0 Å². The summed E-state index contributed by atoms with van der Waals surface area (Å²) in [6, 6.07) is 9.76. The summed E-state index contributed by atoms with van der Waals surface area (Å²) in [6.45, 7) is 2.86. The number of ether oxygens (including phenoxy) is 3. The molecule has 0 fully saturated rings. The van der Waals surface area contributed by atoms with Gasteiger partial charge in [-0.25, -0.2) is 8.78 Å². The summed E-state index contributed by atoms with van der Waals surface area (Å²) in [7, 11) is 0. The van der Waals surface area contributed by atoms with Crippen LogP contribution < -0.4 is 14.8 Å². The molecule has 8 heteroatoms. The van der Waals surface area contributed by atoms with E-state index < -0.39 is 23.5 Å². The van der Waals surface area contributed by atoms with Gasteiger partial charge >= 0.3 is 5.97 Å². The van der Waals surface area contributed by atoms with Crippen molar-refractivity contribution in [1.82, 2.24) is 5.32 Å². The van der Waals surface area contributed by atoms with Gasteiger partial charge in [0.25, 0.3) is 5.91 Å². The summed E-state index contributed by atoms with van der Waals surface area (Å²) in [5.41, 5.74) is -0.292. The van der Waals surface area contributed by atoms with Gasteiger partial charge in [-0.1, -0.05) is 6.92 Å². The van der Waals surface area contributed by atoms with Crippen molar-refractivity contribution in [3.63, 3.8) is 0 Å². The quantitative estimate of drug-likeness (QED) is 0.456. The van der Waals surface area contributed by atoms with Gasteiger partial charge in [-0.3, -0.25) is 9.59 Å². The minimum absolute atomic E-state index is 0.0332. The van der Waals surface area contributed by atoms with Gasteiger partial charge in [-0.15, -0.1) is 0 Å². The Bertz CT molecular complexity index is 811. The minimum atomic E-state index is -0.966. The molecule has 2 rings (SSSR count). The summed E-state index contributed by atoms with van der Waals surface area (Å²) in [5.74, 6) is -1.62. The maximum Gasteiger partial charge on any atom is 0.307 e. The predicted molar refractivity (Wildman–Crippen MR) is 102 cm³/mol. The van der Waals surface area contributed by atoms with Crippen molar-refractivity contribution in [2.24, 2.45) is 0 Å². The third-order valence-corrected chi connectivity index (χ3v) is 3.70. The smallest absolute Gasteiger partial charge is 0.307 e. The van der Waals surface area contributed by atoms with Crippen LogP contribution >= 0.6 is 0 Å². The van der Waals surface area contributed by atoms with E-state index in [1.807, 2.05) is 6.92 Å². The van der Waals surface area contributed by atoms with Crippen molar-refractivity contribution >= 4 is 11.9 Å². The number of esters is 1. The number of halogens is 2. The van der Waals surface area contributed by atoms with Crippen LogP contribution in [0.2, 0.25) is 0 Å². The van der Waals surface area contributed by atoms with Crippen LogP contribution in [0.3, 0.4) is 0 Å². The molecule has 0 saturated carbocycles. The highest BCUT2D eigenvalue weighted by Gasteiger charge is 2.12. The van der Waals surface area contributed by atoms with Crippen molar-refractivity contribution in [1.29, 1.82) is 0 Å². The number of carbonyl (C=O) groups excluding carboxylic acids is 2. The Hall–Kier alpha value is -3.16. The van der Waals surface area contributed by atoms with Gasteiger partial charge in [0.15, 0.2) is 0 Å². The van der Waals surface area contributed by atoms with Crippen LogP contribution in [0.25, 0.3) is 0 Å². The Morgan fingerprint density at radius 2 is 1.59 bits per heavy atom. The van der Waals surface area contributed by atoms with Crippen LogP contribution in [0, 0.1) is 11.6 Å². The van der Waals surface area contributed by atoms with Crippen molar-refractivity contribution in [2.45, 2.75) is 19.8 Å². The summed E-state index contributed by atoms with van der Waals surface area (Å²) in [5, 5.41) is 2.38. The molecule has 0 aliphatic carbocycles. The van der Waals surface area contributed by atoms with Crippen LogP contribution in [0.1, 0.15) is 30.1 Å². The molecule has 0 aromatic heterocycles. The number of hydrogen-bond donors (Lipinski definition) is 1. The lowest BCUT2D eigenvalue weighted by atomic mass is 10.2. The van der Waals surface area contributed by atoms with E-state index in [1.54, 1.807) is 24.3 Å². The normalized spacial score (nSPS) is 10.3. The fraction of sp³-hybridized carbons (Fsp3) is 0.333. The van der Waals surface area contributed by atoms with Gasteiger partial charge in [0.05, 0.1) is 18.6 Å². The lowest BCUT2D eigenvalue weighted by Crippen LogP contribution is -2.27. The fourth-order valence-corrected chi connectivity index (χ4v) is 2.29. The molecule has 0 aliphatic rings. The number of rotatable bonds is 11. The van der Waals surface area contributed by atoms with Crippen molar-refractivity contribution in [3.8, 4) is 11.5 Å². The lowest BCUT2D eigenvalue weighted by molar-refractivity contribution is -0.144. The molecule has 1 amide bonds. The van der Waals surface area contributed by atoms with Crippen molar-refractivity contribution in [2.75, 3.05) is 26.4 Å². The third-order valence-electron chi connectivity index (χ3n) is 3.70. The molecule has 0 radical (unpaired) electrons. The molecule has 1 N–H and O–H groups in total. The predicted octanol–water partition coefficient (Wildman–Crippen LogP) is 3.50. The molecular formula is C21H23F2NO5. The first-order chi connectivity index (χ1) is 14.0. The molecule has 6 nitrogen and oxygen atoms in total. The summed E-state index contributed by atoms with van der Waals surface area (Å²) in [6.07, 6.45) is 0.842. The highest BCUT2D eigenvalue weighted by Crippen LogP contribution is 2.17. The van der Waals surface area contributed by atoms with Gasteiger partial charge in [-0.05, 0) is 42.8 Å². The number of hydrogen-bond acceptors (Lipinski definition) is 5. The Morgan fingerprint density at radius 3 is 2.21 bits per heavy atom. The van der Waals surface area contributed by atoms with E-state index in [4.69, 9.17) is 14.2 Å². The van der Waals surface area contributed by atoms with Gasteiger partial charge in [0.1, 0.15) is 36.3 Å². The molecule has 0 saturated heterocycles. The second-order valence-corrected chi connectivity index (χ2v) is 6.02. The molecule has 29 heavy (non-hydrogen) atoms. The minimum Gasteiger partial charge on any atom is -0.494 e. The van der Waals surface area contributed by atoms with Crippen LogP contribution in [-0.2, 0) is 9.53 Å². The van der Waals surface area contributed by atoms with Crippen LogP contribution in [-0.4, -0.2) is 38.2 Å². The Labute approximate surface area is 167 Å². The van der Waals surface area contributed by atoms with E-state index in [0.29, 0.717) is 18.4 Å². The van der Waals surface area contributed by atoms with E-state index in [-0.39, 0.29) is 31.7 Å². The summed E-state index contributed by atoms with van der Waals surface area (Å²) < 4.78 is 42.3. The monoisotopic (exact) mass is 407 g/mol.